The predicted molar refractivity (Wildman–Crippen MR) is 69.2 cm³/mol. The lowest BCUT2D eigenvalue weighted by atomic mass is 10.1. The molecular formula is C12H27NS. The Hall–Kier alpha value is 0.310. The van der Waals surface area contributed by atoms with Crippen molar-refractivity contribution in [1.82, 2.24) is 5.32 Å². The number of nitrogens with one attached hydrogen (secondary N) is 1. The van der Waals surface area contributed by atoms with Crippen molar-refractivity contribution in [3.8, 4) is 0 Å². The molecule has 0 aromatic heterocycles. The molecule has 0 aliphatic carbocycles. The van der Waals surface area contributed by atoms with Crippen molar-refractivity contribution in [2.45, 2.75) is 64.7 Å². The second kappa shape index (κ2) is 7.58. The van der Waals surface area contributed by atoms with Gasteiger partial charge in [0.15, 0.2) is 0 Å². The summed E-state index contributed by atoms with van der Waals surface area (Å²) in [4.78, 5) is 0. The third-order valence-corrected chi connectivity index (χ3v) is 3.55. The highest BCUT2D eigenvalue weighted by Crippen LogP contribution is 2.24. The van der Waals surface area contributed by atoms with Crippen LogP contribution in [0.1, 0.15) is 53.9 Å². The van der Waals surface area contributed by atoms with Gasteiger partial charge in [-0.1, -0.05) is 47.5 Å². The SMILES string of the molecule is CCCCC(CSC(C)(C)C)NCC. The molecule has 0 aliphatic rings. The fourth-order valence-corrected chi connectivity index (χ4v) is 2.32. The molecule has 1 atom stereocenters. The molecular weight excluding hydrogens is 190 g/mol. The smallest absolute Gasteiger partial charge is 0.0158 e. The number of thioether (sulfide) groups is 1. The van der Waals surface area contributed by atoms with E-state index >= 15 is 0 Å². The lowest BCUT2D eigenvalue weighted by molar-refractivity contribution is 0.514. The quantitative estimate of drug-likeness (QED) is 0.698. The molecule has 0 saturated carbocycles. The average molecular weight is 217 g/mol. The van der Waals surface area contributed by atoms with Crippen molar-refractivity contribution in [3.63, 3.8) is 0 Å². The summed E-state index contributed by atoms with van der Waals surface area (Å²) < 4.78 is 0.403. The zero-order chi connectivity index (χ0) is 11.0. The third kappa shape index (κ3) is 8.89. The zero-order valence-corrected chi connectivity index (χ0v) is 11.3. The van der Waals surface area contributed by atoms with E-state index < -0.39 is 0 Å². The first-order valence-electron chi connectivity index (χ1n) is 5.87. The fourth-order valence-electron chi connectivity index (χ4n) is 1.33. The maximum absolute atomic E-state index is 3.57. The van der Waals surface area contributed by atoms with Crippen molar-refractivity contribution in [2.24, 2.45) is 0 Å². The number of hydrogen-bond donors (Lipinski definition) is 1. The molecule has 0 bridgehead atoms. The average Bonchev–Trinajstić information content (AvgIpc) is 2.08. The minimum atomic E-state index is 0.403. The van der Waals surface area contributed by atoms with Crippen molar-refractivity contribution in [1.29, 1.82) is 0 Å². The van der Waals surface area contributed by atoms with E-state index in [9.17, 15) is 0 Å². The standard InChI is InChI=1S/C12H27NS/c1-6-8-9-11(13-7-2)10-14-12(3,4)5/h11,13H,6-10H2,1-5H3. The van der Waals surface area contributed by atoms with Gasteiger partial charge in [0.1, 0.15) is 0 Å². The molecule has 1 unspecified atom stereocenters. The Balaban J connectivity index is 3.72. The molecule has 0 saturated heterocycles. The van der Waals surface area contributed by atoms with Crippen LogP contribution >= 0.6 is 11.8 Å². The Kier molecular flexibility index (Phi) is 7.75. The molecule has 86 valence electrons. The molecule has 0 spiro atoms. The topological polar surface area (TPSA) is 12.0 Å². The maximum Gasteiger partial charge on any atom is 0.0158 e. The minimum absolute atomic E-state index is 0.403. The highest BCUT2D eigenvalue weighted by atomic mass is 32.2. The minimum Gasteiger partial charge on any atom is -0.313 e. The van der Waals surface area contributed by atoms with Gasteiger partial charge in [0, 0.05) is 16.5 Å². The van der Waals surface area contributed by atoms with Gasteiger partial charge in [0.2, 0.25) is 0 Å². The van der Waals surface area contributed by atoms with Gasteiger partial charge in [0.05, 0.1) is 0 Å². The second-order valence-corrected chi connectivity index (χ2v) is 6.67. The first-order chi connectivity index (χ1) is 6.49. The summed E-state index contributed by atoms with van der Waals surface area (Å²) in [6, 6.07) is 0.712. The largest absolute Gasteiger partial charge is 0.313 e. The van der Waals surface area contributed by atoms with E-state index in [4.69, 9.17) is 0 Å². The first-order valence-corrected chi connectivity index (χ1v) is 6.85. The van der Waals surface area contributed by atoms with E-state index in [2.05, 4.69) is 51.7 Å². The van der Waals surface area contributed by atoms with Crippen LogP contribution in [0.25, 0.3) is 0 Å². The summed E-state index contributed by atoms with van der Waals surface area (Å²) in [6.45, 7) is 12.4. The van der Waals surface area contributed by atoms with Crippen LogP contribution in [0, 0.1) is 0 Å². The Morgan fingerprint density at radius 2 is 1.86 bits per heavy atom. The summed E-state index contributed by atoms with van der Waals surface area (Å²) in [6.07, 6.45) is 3.98. The number of rotatable bonds is 7. The Morgan fingerprint density at radius 3 is 2.29 bits per heavy atom. The van der Waals surface area contributed by atoms with Gasteiger partial charge in [-0.2, -0.15) is 11.8 Å². The van der Waals surface area contributed by atoms with E-state index in [1.165, 1.54) is 25.0 Å². The van der Waals surface area contributed by atoms with Gasteiger partial charge in [-0.25, -0.2) is 0 Å². The number of unbranched alkanes of at least 4 members (excludes halogenated alkanes) is 1. The molecule has 14 heavy (non-hydrogen) atoms. The second-order valence-electron chi connectivity index (χ2n) is 4.82. The first kappa shape index (κ1) is 14.3. The van der Waals surface area contributed by atoms with Crippen LogP contribution in [0.2, 0.25) is 0 Å². The van der Waals surface area contributed by atoms with E-state index in [1.807, 2.05) is 0 Å². The maximum atomic E-state index is 3.57. The molecule has 0 aliphatic heterocycles. The lowest BCUT2D eigenvalue weighted by Gasteiger charge is -2.23. The molecule has 0 aromatic carbocycles. The summed E-state index contributed by atoms with van der Waals surface area (Å²) >= 11 is 2.07. The van der Waals surface area contributed by atoms with Crippen LogP contribution in [0.5, 0.6) is 0 Å². The lowest BCUT2D eigenvalue weighted by Crippen LogP contribution is -2.32. The Bertz CT molecular complexity index is 129. The van der Waals surface area contributed by atoms with Crippen molar-refractivity contribution < 1.29 is 0 Å². The van der Waals surface area contributed by atoms with Crippen LogP contribution in [-0.2, 0) is 0 Å². The predicted octanol–water partition coefficient (Wildman–Crippen LogP) is 3.69. The van der Waals surface area contributed by atoms with E-state index in [1.54, 1.807) is 0 Å². The van der Waals surface area contributed by atoms with Gasteiger partial charge in [-0.3, -0.25) is 0 Å². The van der Waals surface area contributed by atoms with E-state index in [-0.39, 0.29) is 0 Å². The van der Waals surface area contributed by atoms with Crippen LogP contribution in [0.3, 0.4) is 0 Å². The third-order valence-electron chi connectivity index (χ3n) is 2.12. The van der Waals surface area contributed by atoms with Gasteiger partial charge >= 0.3 is 0 Å². The molecule has 0 heterocycles. The molecule has 0 fully saturated rings. The molecule has 0 radical (unpaired) electrons. The number of hydrogen-bond acceptors (Lipinski definition) is 2. The summed E-state index contributed by atoms with van der Waals surface area (Å²) in [5, 5.41) is 3.57. The van der Waals surface area contributed by atoms with Crippen molar-refractivity contribution in [3.05, 3.63) is 0 Å². The van der Waals surface area contributed by atoms with Crippen molar-refractivity contribution in [2.75, 3.05) is 12.3 Å². The Labute approximate surface area is 94.4 Å². The summed E-state index contributed by atoms with van der Waals surface area (Å²) in [5.41, 5.74) is 0. The van der Waals surface area contributed by atoms with Gasteiger partial charge in [-0.05, 0) is 13.0 Å². The van der Waals surface area contributed by atoms with Gasteiger partial charge in [-0.15, -0.1) is 0 Å². The molecule has 1 nitrogen and oxygen atoms in total. The molecule has 1 N–H and O–H groups in total. The highest BCUT2D eigenvalue weighted by Gasteiger charge is 2.14. The monoisotopic (exact) mass is 217 g/mol. The van der Waals surface area contributed by atoms with Crippen LogP contribution < -0.4 is 5.32 Å². The molecule has 0 rings (SSSR count). The van der Waals surface area contributed by atoms with Gasteiger partial charge in [0.25, 0.3) is 0 Å². The van der Waals surface area contributed by atoms with Crippen LogP contribution in [0.4, 0.5) is 0 Å². The summed E-state index contributed by atoms with van der Waals surface area (Å²) in [5.74, 6) is 1.25. The van der Waals surface area contributed by atoms with Gasteiger partial charge < -0.3 is 5.32 Å². The van der Waals surface area contributed by atoms with E-state index in [0.717, 1.165) is 6.54 Å². The fraction of sp³-hybridized carbons (Fsp3) is 1.00. The summed E-state index contributed by atoms with van der Waals surface area (Å²) in [7, 11) is 0. The van der Waals surface area contributed by atoms with Crippen molar-refractivity contribution >= 4 is 11.8 Å². The molecule has 2 heteroatoms. The molecule has 0 amide bonds. The zero-order valence-electron chi connectivity index (χ0n) is 10.5. The molecule has 0 aromatic rings. The van der Waals surface area contributed by atoms with Crippen LogP contribution in [-0.4, -0.2) is 23.1 Å². The van der Waals surface area contributed by atoms with E-state index in [0.29, 0.717) is 10.8 Å². The Morgan fingerprint density at radius 1 is 1.21 bits per heavy atom. The van der Waals surface area contributed by atoms with Crippen LogP contribution in [0.15, 0.2) is 0 Å². The highest BCUT2D eigenvalue weighted by molar-refractivity contribution is 8.00. The normalized spacial score (nSPS) is 14.4.